The lowest BCUT2D eigenvalue weighted by Crippen LogP contribution is -2.51. The molecule has 14 nitrogen and oxygen atoms in total. The summed E-state index contributed by atoms with van der Waals surface area (Å²) in [4.78, 5) is 64.2. The second kappa shape index (κ2) is 13.6. The summed E-state index contributed by atoms with van der Waals surface area (Å²) < 4.78 is 32.3. The zero-order valence-corrected chi connectivity index (χ0v) is 32.7. The van der Waals surface area contributed by atoms with E-state index in [1.54, 1.807) is 18.3 Å². The number of hydrogen-bond acceptors (Lipinski definition) is 10. The lowest BCUT2D eigenvalue weighted by atomic mass is 9.63. The highest BCUT2D eigenvalue weighted by atomic mass is 32.2. The molecule has 0 bridgehead atoms. The lowest BCUT2D eigenvalue weighted by molar-refractivity contribution is -0.135. The third kappa shape index (κ3) is 6.17. The van der Waals surface area contributed by atoms with Crippen LogP contribution in [0, 0.1) is 17.2 Å². The van der Waals surface area contributed by atoms with Gasteiger partial charge in [-0.15, -0.1) is 0 Å². The van der Waals surface area contributed by atoms with Crippen LogP contribution in [0.15, 0.2) is 52.3 Å². The van der Waals surface area contributed by atoms with Crippen molar-refractivity contribution in [3.63, 3.8) is 0 Å². The van der Waals surface area contributed by atoms with Crippen LogP contribution in [0.25, 0.3) is 11.0 Å². The van der Waals surface area contributed by atoms with Crippen LogP contribution >= 0.6 is 0 Å². The summed E-state index contributed by atoms with van der Waals surface area (Å²) in [6.45, 7) is 4.55. The van der Waals surface area contributed by atoms with Crippen molar-refractivity contribution in [3.8, 4) is 0 Å². The number of carbonyl (C=O) groups is 3. The van der Waals surface area contributed by atoms with E-state index < -0.39 is 39.7 Å². The van der Waals surface area contributed by atoms with E-state index in [0.29, 0.717) is 28.9 Å². The highest BCUT2D eigenvalue weighted by Gasteiger charge is 2.57. The van der Waals surface area contributed by atoms with E-state index in [2.05, 4.69) is 35.7 Å². The number of benzene rings is 2. The molecule has 4 aromatic rings. The average molecular weight is 796 g/mol. The van der Waals surface area contributed by atoms with Crippen molar-refractivity contribution >= 4 is 62.7 Å². The third-order valence-electron chi connectivity index (χ3n) is 13.8. The lowest BCUT2D eigenvalue weighted by Gasteiger charge is -2.52. The van der Waals surface area contributed by atoms with E-state index in [0.717, 1.165) is 100 Å². The second-order valence-electron chi connectivity index (χ2n) is 17.1. The molecule has 2 saturated carbocycles. The number of imidazole rings is 1. The Kier molecular flexibility index (Phi) is 8.66. The molecule has 3 N–H and O–H groups in total. The van der Waals surface area contributed by atoms with Crippen LogP contribution in [0.5, 0.6) is 0 Å². The summed E-state index contributed by atoms with van der Waals surface area (Å²) in [5, 5.41) is 8.56. The monoisotopic (exact) mass is 795 g/mol. The number of nitrogens with zero attached hydrogens (tertiary/aromatic N) is 6. The first-order valence-corrected chi connectivity index (χ1v) is 21.4. The van der Waals surface area contributed by atoms with E-state index in [1.165, 1.54) is 16.2 Å². The molecule has 57 heavy (non-hydrogen) atoms. The van der Waals surface area contributed by atoms with E-state index in [4.69, 9.17) is 0 Å². The van der Waals surface area contributed by atoms with Crippen molar-refractivity contribution in [3.05, 3.63) is 64.5 Å². The predicted molar refractivity (Wildman–Crippen MR) is 212 cm³/mol. The molecule has 2 aliphatic carbocycles. The maximum atomic E-state index is 16.1. The van der Waals surface area contributed by atoms with Gasteiger partial charge in [0.1, 0.15) is 17.4 Å². The molecule has 10 rings (SSSR count). The standard InChI is InChI=1S/C41H46FN9O5S/c1-48-34-30(51(39(48)55)31-8-9-32(52)45-36(31)53)7-6-29(33(34)42)50-16-10-24(11-17-50)23-49-18-14-40(15-19-49)20-27(21-40)57(56)26-4-2-25(3-5-26)44-38-43-22-28-35(47-38)46-37(54)41(28)12-13-41/h2-7,22,24,27,31H,8-21,23H2,1H3,(H,45,52,53)(H2,43,44,46,47,54). The number of piperidine rings is 3. The number of anilines is 4. The number of nitrogens with one attached hydrogen (secondary N) is 3. The van der Waals surface area contributed by atoms with Crippen LogP contribution < -0.4 is 26.5 Å². The smallest absolute Gasteiger partial charge is 0.329 e. The molecule has 5 fully saturated rings. The number of aromatic nitrogens is 4. The van der Waals surface area contributed by atoms with Crippen LogP contribution in [-0.4, -0.2) is 83.9 Å². The molecule has 2 spiro atoms. The number of aryl methyl sites for hydroxylation is 1. The highest BCUT2D eigenvalue weighted by Crippen LogP contribution is 2.55. The van der Waals surface area contributed by atoms with Crippen molar-refractivity contribution in [2.24, 2.45) is 18.4 Å². The van der Waals surface area contributed by atoms with Gasteiger partial charge < -0.3 is 20.4 Å². The number of rotatable bonds is 8. The van der Waals surface area contributed by atoms with Gasteiger partial charge >= 0.3 is 5.69 Å². The fourth-order valence-corrected chi connectivity index (χ4v) is 11.9. The topological polar surface area (TPSA) is 164 Å². The van der Waals surface area contributed by atoms with Crippen molar-refractivity contribution in [1.82, 2.24) is 29.3 Å². The van der Waals surface area contributed by atoms with Gasteiger partial charge in [-0.1, -0.05) is 0 Å². The first-order chi connectivity index (χ1) is 27.5. The van der Waals surface area contributed by atoms with Gasteiger partial charge in [0.15, 0.2) is 5.82 Å². The molecule has 2 aromatic carbocycles. The zero-order valence-electron chi connectivity index (χ0n) is 31.9. The third-order valence-corrected chi connectivity index (χ3v) is 15.4. The number of amides is 3. The molecule has 16 heteroatoms. The van der Waals surface area contributed by atoms with E-state index in [9.17, 15) is 23.4 Å². The molecule has 0 radical (unpaired) electrons. The van der Waals surface area contributed by atoms with Gasteiger partial charge in [-0.2, -0.15) is 4.98 Å². The minimum absolute atomic E-state index is 0.0132. The normalized spacial score (nSPS) is 23.7. The minimum atomic E-state index is -1.08. The second-order valence-corrected chi connectivity index (χ2v) is 18.9. The summed E-state index contributed by atoms with van der Waals surface area (Å²) >= 11 is 0. The number of imide groups is 1. The Balaban J connectivity index is 0.693. The Morgan fingerprint density at radius 3 is 2.37 bits per heavy atom. The van der Waals surface area contributed by atoms with E-state index in [1.807, 2.05) is 24.3 Å². The summed E-state index contributed by atoms with van der Waals surface area (Å²) in [5.74, 6) is 0.168. The van der Waals surface area contributed by atoms with Gasteiger partial charge in [-0.25, -0.2) is 14.2 Å². The zero-order chi connectivity index (χ0) is 39.2. The van der Waals surface area contributed by atoms with Gasteiger partial charge in [0, 0.05) is 60.7 Å². The van der Waals surface area contributed by atoms with Gasteiger partial charge in [0.2, 0.25) is 23.7 Å². The van der Waals surface area contributed by atoms with Crippen molar-refractivity contribution in [1.29, 1.82) is 0 Å². The fourth-order valence-electron chi connectivity index (χ4n) is 10.1. The number of halogens is 1. The van der Waals surface area contributed by atoms with Crippen LogP contribution in [0.3, 0.4) is 0 Å². The molecule has 2 atom stereocenters. The maximum absolute atomic E-state index is 16.1. The van der Waals surface area contributed by atoms with Crippen LogP contribution in [0.2, 0.25) is 0 Å². The van der Waals surface area contributed by atoms with Crippen molar-refractivity contribution < 1.29 is 23.0 Å². The molecule has 3 amide bonds. The summed E-state index contributed by atoms with van der Waals surface area (Å²) in [5.41, 5.74) is 2.06. The minimum Gasteiger partial charge on any atom is -0.369 e. The van der Waals surface area contributed by atoms with Gasteiger partial charge in [-0.05, 0) is 119 Å². The van der Waals surface area contributed by atoms with Gasteiger partial charge in [0.25, 0.3) is 0 Å². The quantitative estimate of drug-likeness (QED) is 0.220. The van der Waals surface area contributed by atoms with Gasteiger partial charge in [0.05, 0.1) is 27.4 Å². The maximum Gasteiger partial charge on any atom is 0.329 e. The van der Waals surface area contributed by atoms with E-state index >= 15 is 4.39 Å². The summed E-state index contributed by atoms with van der Waals surface area (Å²) in [6, 6.07) is 10.2. The van der Waals surface area contributed by atoms with Crippen LogP contribution in [-0.2, 0) is 37.6 Å². The van der Waals surface area contributed by atoms with E-state index in [-0.39, 0.29) is 40.8 Å². The molecular weight excluding hydrogens is 750 g/mol. The largest absolute Gasteiger partial charge is 0.369 e. The van der Waals surface area contributed by atoms with Crippen LogP contribution in [0.1, 0.15) is 75.8 Å². The number of likely N-dealkylation sites (tertiary alicyclic amines) is 1. The van der Waals surface area contributed by atoms with Crippen LogP contribution in [0.4, 0.5) is 27.5 Å². The molecule has 4 aliphatic heterocycles. The van der Waals surface area contributed by atoms with Gasteiger partial charge in [-0.3, -0.25) is 33.0 Å². The average Bonchev–Trinajstić information content (AvgIpc) is 3.90. The Morgan fingerprint density at radius 2 is 1.67 bits per heavy atom. The summed E-state index contributed by atoms with van der Waals surface area (Å²) in [7, 11) is 0.448. The van der Waals surface area contributed by atoms with Crippen molar-refractivity contribution in [2.75, 3.05) is 48.3 Å². The molecule has 2 unspecified atom stereocenters. The highest BCUT2D eigenvalue weighted by molar-refractivity contribution is 7.85. The Hall–Kier alpha value is -4.96. The molecule has 6 aliphatic rings. The fraction of sp³-hybridized carbons (Fsp3) is 0.512. The number of fused-ring (bicyclic) bond motifs is 3. The Morgan fingerprint density at radius 1 is 0.930 bits per heavy atom. The first kappa shape index (κ1) is 36.4. The molecule has 3 saturated heterocycles. The molecule has 6 heterocycles. The number of hydrogen-bond donors (Lipinski definition) is 3. The molecule has 2 aromatic heterocycles. The predicted octanol–water partition coefficient (Wildman–Crippen LogP) is 4.24. The van der Waals surface area contributed by atoms with Crippen molar-refractivity contribution in [2.45, 2.75) is 85.8 Å². The molecule has 298 valence electrons. The first-order valence-electron chi connectivity index (χ1n) is 20.2. The summed E-state index contributed by atoms with van der Waals surface area (Å²) in [6.07, 6.45) is 9.87. The Labute approximate surface area is 331 Å². The Bertz CT molecular complexity index is 2400. The number of carbonyl (C=O) groups excluding carboxylic acids is 3. The molecular formula is C41H46FN9O5S. The SMILES string of the molecule is Cn1c(=O)n(C2CCC(=O)NC2=O)c2ccc(N3CCC(CN4CCC5(CC4)CC(S(=O)c4ccc(Nc6ncc7c(n6)NC(=O)C76CC6)cc4)C5)CC3)c(F)c21.